The quantitative estimate of drug-likeness (QED) is 0.777. The zero-order chi connectivity index (χ0) is 14.7. The molecule has 0 radical (unpaired) electrons. The van der Waals surface area contributed by atoms with Crippen molar-refractivity contribution in [2.24, 2.45) is 0 Å². The summed E-state index contributed by atoms with van der Waals surface area (Å²) in [4.78, 5) is 9.02. The van der Waals surface area contributed by atoms with E-state index in [2.05, 4.69) is 80.0 Å². The third-order valence-electron chi connectivity index (χ3n) is 2.98. The standard InChI is InChI=1S/C15H17Br2N3/c1-4-5-18-15-12(16)8-19-14(20-15)11-6-9(2)13(17)10(3)7-11/h6-8H,4-5H2,1-3H3,(H,18,19,20). The van der Waals surface area contributed by atoms with Gasteiger partial charge in [0.2, 0.25) is 0 Å². The third-order valence-corrected chi connectivity index (χ3v) is 4.81. The molecule has 0 bridgehead atoms. The van der Waals surface area contributed by atoms with E-state index in [0.29, 0.717) is 0 Å². The Hall–Kier alpha value is -0.940. The van der Waals surface area contributed by atoms with Gasteiger partial charge in [0.15, 0.2) is 5.82 Å². The molecule has 1 aromatic carbocycles. The normalized spacial score (nSPS) is 10.7. The summed E-state index contributed by atoms with van der Waals surface area (Å²) in [6, 6.07) is 4.20. The highest BCUT2D eigenvalue weighted by Crippen LogP contribution is 2.28. The lowest BCUT2D eigenvalue weighted by atomic mass is 10.1. The second-order valence-corrected chi connectivity index (χ2v) is 6.39. The summed E-state index contributed by atoms with van der Waals surface area (Å²) in [5.41, 5.74) is 3.42. The van der Waals surface area contributed by atoms with E-state index in [9.17, 15) is 0 Å². The van der Waals surface area contributed by atoms with E-state index in [0.717, 1.165) is 39.1 Å². The van der Waals surface area contributed by atoms with Crippen LogP contribution in [0.2, 0.25) is 0 Å². The lowest BCUT2D eigenvalue weighted by Gasteiger charge is -2.10. The van der Waals surface area contributed by atoms with Gasteiger partial charge in [-0.3, -0.25) is 0 Å². The van der Waals surface area contributed by atoms with Crippen molar-refractivity contribution >= 4 is 37.7 Å². The molecule has 3 nitrogen and oxygen atoms in total. The Morgan fingerprint density at radius 1 is 1.15 bits per heavy atom. The van der Waals surface area contributed by atoms with Gasteiger partial charge in [0.25, 0.3) is 0 Å². The molecule has 0 aliphatic rings. The minimum Gasteiger partial charge on any atom is -0.369 e. The fraction of sp³-hybridized carbons (Fsp3) is 0.333. The fourth-order valence-electron chi connectivity index (χ4n) is 1.95. The number of aryl methyl sites for hydroxylation is 2. The smallest absolute Gasteiger partial charge is 0.161 e. The van der Waals surface area contributed by atoms with Crippen molar-refractivity contribution in [3.05, 3.63) is 38.4 Å². The lowest BCUT2D eigenvalue weighted by molar-refractivity contribution is 0.963. The van der Waals surface area contributed by atoms with Gasteiger partial charge in [0.05, 0.1) is 4.47 Å². The largest absolute Gasteiger partial charge is 0.369 e. The first-order valence-electron chi connectivity index (χ1n) is 6.56. The highest BCUT2D eigenvalue weighted by Gasteiger charge is 2.09. The van der Waals surface area contributed by atoms with Gasteiger partial charge >= 0.3 is 0 Å². The summed E-state index contributed by atoms with van der Waals surface area (Å²) in [7, 11) is 0. The van der Waals surface area contributed by atoms with E-state index in [-0.39, 0.29) is 0 Å². The number of hydrogen-bond donors (Lipinski definition) is 1. The predicted molar refractivity (Wildman–Crippen MR) is 91.1 cm³/mol. The number of rotatable bonds is 4. The molecule has 2 rings (SSSR count). The molecule has 20 heavy (non-hydrogen) atoms. The van der Waals surface area contributed by atoms with Crippen LogP contribution in [0.15, 0.2) is 27.3 Å². The third kappa shape index (κ3) is 3.38. The van der Waals surface area contributed by atoms with Crippen LogP contribution in [0.1, 0.15) is 24.5 Å². The topological polar surface area (TPSA) is 37.8 Å². The summed E-state index contributed by atoms with van der Waals surface area (Å²) in [5.74, 6) is 1.58. The Morgan fingerprint density at radius 3 is 2.40 bits per heavy atom. The summed E-state index contributed by atoms with van der Waals surface area (Å²) in [6.45, 7) is 7.18. The predicted octanol–water partition coefficient (Wildman–Crippen LogP) is 5.11. The average Bonchev–Trinajstić information content (AvgIpc) is 2.43. The first kappa shape index (κ1) is 15.4. The first-order chi connectivity index (χ1) is 9.52. The van der Waals surface area contributed by atoms with Crippen LogP contribution in [-0.2, 0) is 0 Å². The van der Waals surface area contributed by atoms with Crippen LogP contribution in [0.5, 0.6) is 0 Å². The van der Waals surface area contributed by atoms with Crippen molar-refractivity contribution < 1.29 is 0 Å². The second kappa shape index (κ2) is 6.68. The SMILES string of the molecule is CCCNc1nc(-c2cc(C)c(Br)c(C)c2)ncc1Br. The van der Waals surface area contributed by atoms with Crippen LogP contribution < -0.4 is 5.32 Å². The molecular weight excluding hydrogens is 382 g/mol. The van der Waals surface area contributed by atoms with Crippen molar-refractivity contribution in [2.75, 3.05) is 11.9 Å². The molecule has 0 aliphatic carbocycles. The summed E-state index contributed by atoms with van der Waals surface area (Å²) in [5, 5.41) is 3.31. The lowest BCUT2D eigenvalue weighted by Crippen LogP contribution is -2.04. The molecule has 2 aromatic rings. The van der Waals surface area contributed by atoms with E-state index in [1.54, 1.807) is 6.20 Å². The van der Waals surface area contributed by atoms with Crippen molar-refractivity contribution in [3.63, 3.8) is 0 Å². The number of hydrogen-bond acceptors (Lipinski definition) is 3. The molecule has 1 N–H and O–H groups in total. The Balaban J connectivity index is 2.42. The van der Waals surface area contributed by atoms with Crippen LogP contribution >= 0.6 is 31.9 Å². The fourth-order valence-corrected chi connectivity index (χ4v) is 2.51. The van der Waals surface area contributed by atoms with Gasteiger partial charge in [0, 0.05) is 22.8 Å². The Bertz CT molecular complexity index is 604. The minimum atomic E-state index is 0.741. The molecule has 0 atom stereocenters. The van der Waals surface area contributed by atoms with Gasteiger partial charge < -0.3 is 5.32 Å². The summed E-state index contributed by atoms with van der Waals surface area (Å²) >= 11 is 7.06. The van der Waals surface area contributed by atoms with E-state index in [4.69, 9.17) is 0 Å². The number of anilines is 1. The Morgan fingerprint density at radius 2 is 1.80 bits per heavy atom. The molecule has 0 fully saturated rings. The number of nitrogens with zero attached hydrogens (tertiary/aromatic N) is 2. The van der Waals surface area contributed by atoms with Gasteiger partial charge in [0.1, 0.15) is 5.82 Å². The summed E-state index contributed by atoms with van der Waals surface area (Å²) in [6.07, 6.45) is 2.86. The second-order valence-electron chi connectivity index (χ2n) is 4.74. The first-order valence-corrected chi connectivity index (χ1v) is 8.15. The Labute approximate surface area is 136 Å². The van der Waals surface area contributed by atoms with Crippen LogP contribution in [-0.4, -0.2) is 16.5 Å². The molecular formula is C15H17Br2N3. The van der Waals surface area contributed by atoms with Crippen molar-refractivity contribution in [1.82, 2.24) is 9.97 Å². The monoisotopic (exact) mass is 397 g/mol. The van der Waals surface area contributed by atoms with Gasteiger partial charge in [-0.1, -0.05) is 22.9 Å². The molecule has 0 aliphatic heterocycles. The van der Waals surface area contributed by atoms with Gasteiger partial charge in [-0.05, 0) is 59.5 Å². The molecule has 0 unspecified atom stereocenters. The molecule has 1 heterocycles. The highest BCUT2D eigenvalue weighted by molar-refractivity contribution is 9.11. The minimum absolute atomic E-state index is 0.741. The number of nitrogens with one attached hydrogen (secondary N) is 1. The average molecular weight is 399 g/mol. The van der Waals surface area contributed by atoms with Crippen LogP contribution in [0.3, 0.4) is 0 Å². The van der Waals surface area contributed by atoms with Gasteiger partial charge in [-0.25, -0.2) is 9.97 Å². The van der Waals surface area contributed by atoms with Crippen LogP contribution in [0.25, 0.3) is 11.4 Å². The van der Waals surface area contributed by atoms with E-state index in [1.807, 2.05) is 0 Å². The maximum absolute atomic E-state index is 4.61. The Kier molecular flexibility index (Phi) is 5.16. The van der Waals surface area contributed by atoms with Crippen molar-refractivity contribution in [1.29, 1.82) is 0 Å². The van der Waals surface area contributed by atoms with Crippen LogP contribution in [0.4, 0.5) is 5.82 Å². The van der Waals surface area contributed by atoms with Crippen molar-refractivity contribution in [2.45, 2.75) is 27.2 Å². The zero-order valence-electron chi connectivity index (χ0n) is 11.8. The number of benzene rings is 1. The molecule has 0 saturated heterocycles. The molecule has 0 amide bonds. The molecule has 0 saturated carbocycles. The van der Waals surface area contributed by atoms with E-state index >= 15 is 0 Å². The maximum Gasteiger partial charge on any atom is 0.161 e. The highest BCUT2D eigenvalue weighted by atomic mass is 79.9. The van der Waals surface area contributed by atoms with Crippen molar-refractivity contribution in [3.8, 4) is 11.4 Å². The zero-order valence-corrected chi connectivity index (χ0v) is 15.0. The summed E-state index contributed by atoms with van der Waals surface area (Å²) < 4.78 is 2.03. The molecule has 106 valence electrons. The molecule has 0 spiro atoms. The van der Waals surface area contributed by atoms with E-state index in [1.165, 1.54) is 11.1 Å². The molecule has 5 heteroatoms. The number of halogens is 2. The molecule has 1 aromatic heterocycles. The number of aromatic nitrogens is 2. The van der Waals surface area contributed by atoms with Crippen LogP contribution in [0, 0.1) is 13.8 Å². The maximum atomic E-state index is 4.61. The van der Waals surface area contributed by atoms with E-state index < -0.39 is 0 Å². The van der Waals surface area contributed by atoms with Gasteiger partial charge in [-0.15, -0.1) is 0 Å². The van der Waals surface area contributed by atoms with Gasteiger partial charge in [-0.2, -0.15) is 0 Å².